The predicted molar refractivity (Wildman–Crippen MR) is 100 cm³/mol. The normalized spacial score (nSPS) is 18.6. The predicted octanol–water partition coefficient (Wildman–Crippen LogP) is 5.46. The highest BCUT2D eigenvalue weighted by Crippen LogP contribution is 2.32. The van der Waals surface area contributed by atoms with E-state index in [0.717, 1.165) is 37.9 Å². The molecule has 1 unspecified atom stereocenters. The summed E-state index contributed by atoms with van der Waals surface area (Å²) in [5.41, 5.74) is 3.85. The molecule has 3 rings (SSSR count). The molecule has 2 heteroatoms. The molecule has 1 saturated heterocycles. The van der Waals surface area contributed by atoms with Crippen LogP contribution in [0.2, 0.25) is 0 Å². The zero-order valence-electron chi connectivity index (χ0n) is 14.7. The summed E-state index contributed by atoms with van der Waals surface area (Å²) < 4.78 is 0. The summed E-state index contributed by atoms with van der Waals surface area (Å²) in [6.45, 7) is 4.32. The van der Waals surface area contributed by atoms with Crippen LogP contribution in [-0.2, 0) is 13.0 Å². The number of phenolic OH excluding ortho intramolecular Hbond substituents is 1. The average molecular weight is 323 g/mol. The van der Waals surface area contributed by atoms with E-state index in [1.807, 2.05) is 6.07 Å². The number of phenols is 1. The minimum atomic E-state index is 0.449. The van der Waals surface area contributed by atoms with Crippen LogP contribution in [0.3, 0.4) is 0 Å². The van der Waals surface area contributed by atoms with Gasteiger partial charge in [-0.05, 0) is 55.0 Å². The van der Waals surface area contributed by atoms with Crippen molar-refractivity contribution in [3.05, 3.63) is 65.2 Å². The highest BCUT2D eigenvalue weighted by molar-refractivity contribution is 5.36. The van der Waals surface area contributed by atoms with E-state index in [1.165, 1.54) is 30.4 Å². The van der Waals surface area contributed by atoms with E-state index in [0.29, 0.717) is 11.8 Å². The molecule has 2 aromatic rings. The van der Waals surface area contributed by atoms with Crippen molar-refractivity contribution in [1.82, 2.24) is 4.90 Å². The molecule has 2 aromatic carbocycles. The van der Waals surface area contributed by atoms with Crippen LogP contribution in [0.4, 0.5) is 0 Å². The first kappa shape index (κ1) is 17.0. The molecule has 1 heterocycles. The van der Waals surface area contributed by atoms with Gasteiger partial charge in [-0.1, -0.05) is 62.2 Å². The molecule has 1 aliphatic heterocycles. The number of rotatable bonds is 6. The molecule has 0 amide bonds. The summed E-state index contributed by atoms with van der Waals surface area (Å²) in [4.78, 5) is 2.61. The molecule has 128 valence electrons. The van der Waals surface area contributed by atoms with Crippen LogP contribution in [0.1, 0.15) is 61.8 Å². The third-order valence-electron chi connectivity index (χ3n) is 5.13. The molecular weight excluding hydrogens is 294 g/mol. The SMILES string of the molecule is CCCCc1cc(CN2CCCCC2c2ccccc2)ccc1O. The fourth-order valence-electron chi connectivity index (χ4n) is 3.77. The van der Waals surface area contributed by atoms with E-state index in [2.05, 4.69) is 54.3 Å². The summed E-state index contributed by atoms with van der Waals surface area (Å²) in [5, 5.41) is 10.1. The monoisotopic (exact) mass is 323 g/mol. The number of aromatic hydroxyl groups is 1. The maximum absolute atomic E-state index is 10.1. The number of piperidine rings is 1. The maximum atomic E-state index is 10.1. The number of likely N-dealkylation sites (tertiary alicyclic amines) is 1. The zero-order chi connectivity index (χ0) is 16.8. The second kappa shape index (κ2) is 8.34. The van der Waals surface area contributed by atoms with Crippen molar-refractivity contribution in [2.24, 2.45) is 0 Å². The van der Waals surface area contributed by atoms with E-state index in [9.17, 15) is 5.11 Å². The number of benzene rings is 2. The van der Waals surface area contributed by atoms with Gasteiger partial charge in [0.2, 0.25) is 0 Å². The Balaban J connectivity index is 1.75. The van der Waals surface area contributed by atoms with E-state index in [1.54, 1.807) is 0 Å². The molecule has 0 spiro atoms. The molecule has 0 aliphatic carbocycles. The summed E-state index contributed by atoms with van der Waals surface area (Å²) in [6.07, 6.45) is 7.10. The van der Waals surface area contributed by atoms with Crippen molar-refractivity contribution < 1.29 is 5.11 Å². The molecule has 0 radical (unpaired) electrons. The fraction of sp³-hybridized carbons (Fsp3) is 0.455. The van der Waals surface area contributed by atoms with Crippen molar-refractivity contribution in [3.63, 3.8) is 0 Å². The molecule has 1 aliphatic rings. The summed E-state index contributed by atoms with van der Waals surface area (Å²) in [7, 11) is 0. The van der Waals surface area contributed by atoms with Crippen LogP contribution in [0.15, 0.2) is 48.5 Å². The van der Waals surface area contributed by atoms with Gasteiger partial charge < -0.3 is 5.11 Å². The van der Waals surface area contributed by atoms with E-state index in [-0.39, 0.29) is 0 Å². The van der Waals surface area contributed by atoms with Crippen LogP contribution in [-0.4, -0.2) is 16.6 Å². The third kappa shape index (κ3) is 4.18. The van der Waals surface area contributed by atoms with E-state index in [4.69, 9.17) is 0 Å². The number of nitrogens with zero attached hydrogens (tertiary/aromatic N) is 1. The number of hydrogen-bond donors (Lipinski definition) is 1. The minimum absolute atomic E-state index is 0.449. The van der Waals surface area contributed by atoms with Gasteiger partial charge in [-0.2, -0.15) is 0 Å². The van der Waals surface area contributed by atoms with Gasteiger partial charge >= 0.3 is 0 Å². The zero-order valence-corrected chi connectivity index (χ0v) is 14.7. The third-order valence-corrected chi connectivity index (χ3v) is 5.13. The lowest BCUT2D eigenvalue weighted by Crippen LogP contribution is -2.32. The Morgan fingerprint density at radius 3 is 2.71 bits per heavy atom. The Hall–Kier alpha value is -1.80. The molecular formula is C22H29NO. The van der Waals surface area contributed by atoms with Gasteiger partial charge in [0, 0.05) is 12.6 Å². The van der Waals surface area contributed by atoms with Crippen LogP contribution in [0, 0.1) is 0 Å². The van der Waals surface area contributed by atoms with Gasteiger partial charge in [-0.3, -0.25) is 4.90 Å². The van der Waals surface area contributed by atoms with Gasteiger partial charge in [0.15, 0.2) is 0 Å². The molecule has 24 heavy (non-hydrogen) atoms. The van der Waals surface area contributed by atoms with Gasteiger partial charge in [0.25, 0.3) is 0 Å². The summed E-state index contributed by atoms with van der Waals surface area (Å²) in [5.74, 6) is 0.449. The first-order valence-electron chi connectivity index (χ1n) is 9.37. The number of aryl methyl sites for hydroxylation is 1. The Labute approximate surface area is 146 Å². The van der Waals surface area contributed by atoms with Crippen molar-refractivity contribution in [2.45, 2.75) is 58.0 Å². The highest BCUT2D eigenvalue weighted by Gasteiger charge is 2.23. The Bertz CT molecular complexity index is 638. The molecule has 2 nitrogen and oxygen atoms in total. The van der Waals surface area contributed by atoms with Crippen molar-refractivity contribution in [1.29, 1.82) is 0 Å². The van der Waals surface area contributed by atoms with Crippen LogP contribution >= 0.6 is 0 Å². The second-order valence-electron chi connectivity index (χ2n) is 6.96. The quantitative estimate of drug-likeness (QED) is 0.763. The lowest BCUT2D eigenvalue weighted by Gasteiger charge is -2.36. The maximum Gasteiger partial charge on any atom is 0.118 e. The van der Waals surface area contributed by atoms with Crippen LogP contribution < -0.4 is 0 Å². The first-order valence-corrected chi connectivity index (χ1v) is 9.37. The average Bonchev–Trinajstić information content (AvgIpc) is 2.63. The lowest BCUT2D eigenvalue weighted by atomic mass is 9.94. The minimum Gasteiger partial charge on any atom is -0.508 e. The molecule has 1 fully saturated rings. The standard InChI is InChI=1S/C22H29NO/c1-2-3-9-20-16-18(13-14-22(20)24)17-23-15-8-7-12-21(23)19-10-5-4-6-11-19/h4-6,10-11,13-14,16,21,24H,2-3,7-9,12,15,17H2,1H3. The van der Waals surface area contributed by atoms with Gasteiger partial charge in [-0.25, -0.2) is 0 Å². The van der Waals surface area contributed by atoms with Gasteiger partial charge in [0.05, 0.1) is 0 Å². The van der Waals surface area contributed by atoms with Gasteiger partial charge in [-0.15, -0.1) is 0 Å². The number of unbranched alkanes of at least 4 members (excludes halogenated alkanes) is 1. The Kier molecular flexibility index (Phi) is 5.92. The smallest absolute Gasteiger partial charge is 0.118 e. The Morgan fingerprint density at radius 1 is 1.08 bits per heavy atom. The summed E-state index contributed by atoms with van der Waals surface area (Å²) >= 11 is 0. The molecule has 0 aromatic heterocycles. The van der Waals surface area contributed by atoms with Crippen LogP contribution in [0.5, 0.6) is 5.75 Å². The van der Waals surface area contributed by atoms with Gasteiger partial charge in [0.1, 0.15) is 5.75 Å². The van der Waals surface area contributed by atoms with E-state index >= 15 is 0 Å². The lowest BCUT2D eigenvalue weighted by molar-refractivity contribution is 0.140. The fourth-order valence-corrected chi connectivity index (χ4v) is 3.77. The van der Waals surface area contributed by atoms with Crippen molar-refractivity contribution >= 4 is 0 Å². The molecule has 1 N–H and O–H groups in total. The largest absolute Gasteiger partial charge is 0.508 e. The molecule has 1 atom stereocenters. The summed E-state index contributed by atoms with van der Waals surface area (Å²) in [6, 6.07) is 17.6. The first-order chi connectivity index (χ1) is 11.8. The molecule has 0 saturated carbocycles. The highest BCUT2D eigenvalue weighted by atomic mass is 16.3. The second-order valence-corrected chi connectivity index (χ2v) is 6.96. The Morgan fingerprint density at radius 2 is 1.92 bits per heavy atom. The van der Waals surface area contributed by atoms with E-state index < -0.39 is 0 Å². The van der Waals surface area contributed by atoms with Crippen LogP contribution in [0.25, 0.3) is 0 Å². The number of hydrogen-bond acceptors (Lipinski definition) is 2. The topological polar surface area (TPSA) is 23.5 Å². The molecule has 0 bridgehead atoms. The van der Waals surface area contributed by atoms with Crippen molar-refractivity contribution in [3.8, 4) is 5.75 Å². The van der Waals surface area contributed by atoms with Crippen molar-refractivity contribution in [2.75, 3.05) is 6.54 Å².